The first kappa shape index (κ1) is 21.2. The van der Waals surface area contributed by atoms with Crippen LogP contribution in [-0.2, 0) is 9.59 Å². The molecule has 148 valence electrons. The molecule has 1 aromatic carbocycles. The molecule has 2 rings (SSSR count). The molecule has 1 aromatic rings. The average molecular weight is 373 g/mol. The molecule has 0 radical (unpaired) electrons. The molecule has 0 aliphatic heterocycles. The van der Waals surface area contributed by atoms with Gasteiger partial charge in [0.25, 0.3) is 0 Å². The maximum Gasteiger partial charge on any atom is 0.314 e. The van der Waals surface area contributed by atoms with E-state index in [9.17, 15) is 9.59 Å². The van der Waals surface area contributed by atoms with E-state index in [1.165, 1.54) is 12.5 Å². The number of benzene rings is 1. The number of hydrogen-bond donors (Lipinski definition) is 0. The number of carbonyl (C=O) groups excluding carboxylic acids is 2. The van der Waals surface area contributed by atoms with Gasteiger partial charge in [-0.2, -0.15) is 0 Å². The number of ether oxygens (including phenoxy) is 2. The largest absolute Gasteiger partial charge is 0.494 e. The highest BCUT2D eigenvalue weighted by atomic mass is 16.5. The second-order valence-corrected chi connectivity index (χ2v) is 7.26. The van der Waals surface area contributed by atoms with Gasteiger partial charge >= 0.3 is 5.97 Å². The van der Waals surface area contributed by atoms with Gasteiger partial charge in [-0.15, -0.1) is 0 Å². The van der Waals surface area contributed by atoms with Gasteiger partial charge in [-0.05, 0) is 56.0 Å². The fraction of sp³-hybridized carbons (Fsp3) is 0.565. The summed E-state index contributed by atoms with van der Waals surface area (Å²) >= 11 is 0. The predicted molar refractivity (Wildman–Crippen MR) is 107 cm³/mol. The van der Waals surface area contributed by atoms with Crippen molar-refractivity contribution in [3.63, 3.8) is 0 Å². The molecular formula is C23H32O4. The lowest BCUT2D eigenvalue weighted by Crippen LogP contribution is -2.22. The van der Waals surface area contributed by atoms with Gasteiger partial charge in [-0.3, -0.25) is 9.59 Å². The van der Waals surface area contributed by atoms with Crippen molar-refractivity contribution >= 4 is 11.8 Å². The van der Waals surface area contributed by atoms with Crippen LogP contribution in [0, 0.1) is 5.92 Å². The zero-order valence-electron chi connectivity index (χ0n) is 16.3. The minimum Gasteiger partial charge on any atom is -0.494 e. The minimum atomic E-state index is -0.0989. The van der Waals surface area contributed by atoms with Crippen LogP contribution in [0.2, 0.25) is 0 Å². The zero-order valence-corrected chi connectivity index (χ0v) is 16.3. The third-order valence-corrected chi connectivity index (χ3v) is 5.04. The number of unbranched alkanes of at least 4 members (excludes halogenated alkanes) is 4. The molecule has 1 saturated carbocycles. The van der Waals surface area contributed by atoms with Crippen LogP contribution in [-0.4, -0.2) is 18.4 Å². The summed E-state index contributed by atoms with van der Waals surface area (Å²) in [7, 11) is 0. The van der Waals surface area contributed by atoms with Gasteiger partial charge in [0, 0.05) is 6.42 Å². The molecule has 0 saturated heterocycles. The zero-order chi connectivity index (χ0) is 19.3. The monoisotopic (exact) mass is 372 g/mol. The molecule has 1 aliphatic rings. The Bertz CT molecular complexity index is 585. The molecule has 4 nitrogen and oxygen atoms in total. The van der Waals surface area contributed by atoms with Crippen molar-refractivity contribution in [1.82, 2.24) is 0 Å². The van der Waals surface area contributed by atoms with Gasteiger partial charge in [0.1, 0.15) is 11.5 Å². The van der Waals surface area contributed by atoms with Crippen LogP contribution < -0.4 is 9.47 Å². The number of esters is 1. The molecule has 4 heteroatoms. The smallest absolute Gasteiger partial charge is 0.314 e. The summed E-state index contributed by atoms with van der Waals surface area (Å²) in [6, 6.07) is 7.30. The Hall–Kier alpha value is -2.10. The number of rotatable bonds is 12. The van der Waals surface area contributed by atoms with Gasteiger partial charge in [0.2, 0.25) is 0 Å². The van der Waals surface area contributed by atoms with Crippen molar-refractivity contribution in [2.45, 2.75) is 70.6 Å². The molecule has 0 spiro atoms. The van der Waals surface area contributed by atoms with Gasteiger partial charge in [0.15, 0.2) is 5.78 Å². The molecular weight excluding hydrogens is 340 g/mol. The Balaban J connectivity index is 1.56. The van der Waals surface area contributed by atoms with E-state index in [0.717, 1.165) is 63.5 Å². The van der Waals surface area contributed by atoms with E-state index in [0.29, 0.717) is 18.8 Å². The van der Waals surface area contributed by atoms with Gasteiger partial charge in [-0.25, -0.2) is 0 Å². The van der Waals surface area contributed by atoms with E-state index in [1.54, 1.807) is 12.1 Å². The van der Waals surface area contributed by atoms with Crippen LogP contribution in [0.3, 0.4) is 0 Å². The summed E-state index contributed by atoms with van der Waals surface area (Å²) in [4.78, 5) is 23.3. The first-order valence-corrected chi connectivity index (χ1v) is 10.3. The Labute approximate surface area is 162 Å². The second-order valence-electron chi connectivity index (χ2n) is 7.26. The quantitative estimate of drug-likeness (QED) is 0.206. The second kappa shape index (κ2) is 12.3. The van der Waals surface area contributed by atoms with Crippen molar-refractivity contribution in [1.29, 1.82) is 0 Å². The predicted octanol–water partition coefficient (Wildman–Crippen LogP) is 5.65. The van der Waals surface area contributed by atoms with Crippen molar-refractivity contribution in [3.05, 3.63) is 36.9 Å². The molecule has 0 atom stereocenters. The van der Waals surface area contributed by atoms with Crippen LogP contribution in [0.4, 0.5) is 0 Å². The van der Waals surface area contributed by atoms with Crippen LogP contribution in [0.1, 0.15) is 70.6 Å². The lowest BCUT2D eigenvalue weighted by atomic mass is 9.89. The fourth-order valence-electron chi connectivity index (χ4n) is 3.37. The fourth-order valence-corrected chi connectivity index (χ4v) is 3.37. The standard InChI is InChI=1S/C23H32O4/c1-2-20(24)13-9-4-3-5-10-18-26-21-14-16-22(17-15-21)27-23(25)19-11-7-6-8-12-19/h2,14-17,19H,1,3-13,18H2. The third kappa shape index (κ3) is 8.42. The summed E-state index contributed by atoms with van der Waals surface area (Å²) in [5.74, 6) is 1.48. The van der Waals surface area contributed by atoms with Gasteiger partial charge in [-0.1, -0.05) is 45.1 Å². The van der Waals surface area contributed by atoms with Crippen LogP contribution in [0.15, 0.2) is 36.9 Å². The van der Waals surface area contributed by atoms with Crippen molar-refractivity contribution in [2.75, 3.05) is 6.61 Å². The molecule has 0 aromatic heterocycles. The average Bonchev–Trinajstić information content (AvgIpc) is 2.71. The Morgan fingerprint density at radius 1 is 0.926 bits per heavy atom. The van der Waals surface area contributed by atoms with Crippen LogP contribution in [0.5, 0.6) is 11.5 Å². The summed E-state index contributed by atoms with van der Waals surface area (Å²) < 4.78 is 11.2. The SMILES string of the molecule is C=CC(=O)CCCCCCCOc1ccc(OC(=O)C2CCCCC2)cc1. The Morgan fingerprint density at radius 3 is 2.26 bits per heavy atom. The molecule has 0 amide bonds. The van der Waals surface area contributed by atoms with Gasteiger partial charge < -0.3 is 9.47 Å². The molecule has 27 heavy (non-hydrogen) atoms. The topological polar surface area (TPSA) is 52.6 Å². The molecule has 1 fully saturated rings. The number of hydrogen-bond acceptors (Lipinski definition) is 4. The van der Waals surface area contributed by atoms with Gasteiger partial charge in [0.05, 0.1) is 12.5 Å². The normalized spacial score (nSPS) is 14.5. The first-order chi connectivity index (χ1) is 13.2. The lowest BCUT2D eigenvalue weighted by molar-refractivity contribution is -0.140. The first-order valence-electron chi connectivity index (χ1n) is 10.3. The summed E-state index contributed by atoms with van der Waals surface area (Å²) in [5, 5.41) is 0. The molecule has 0 heterocycles. The van der Waals surface area contributed by atoms with E-state index >= 15 is 0 Å². The number of carbonyl (C=O) groups is 2. The molecule has 1 aliphatic carbocycles. The van der Waals surface area contributed by atoms with E-state index in [4.69, 9.17) is 9.47 Å². The molecule has 0 unspecified atom stereocenters. The summed E-state index contributed by atoms with van der Waals surface area (Å²) in [6.45, 7) is 4.15. The highest BCUT2D eigenvalue weighted by Crippen LogP contribution is 2.26. The van der Waals surface area contributed by atoms with Crippen molar-refractivity contribution < 1.29 is 19.1 Å². The maximum absolute atomic E-state index is 12.1. The highest BCUT2D eigenvalue weighted by Gasteiger charge is 2.22. The molecule has 0 N–H and O–H groups in total. The van der Waals surface area contributed by atoms with Crippen LogP contribution >= 0.6 is 0 Å². The summed E-state index contributed by atoms with van der Waals surface area (Å²) in [5.41, 5.74) is 0. The minimum absolute atomic E-state index is 0.0598. The number of ketones is 1. The third-order valence-electron chi connectivity index (χ3n) is 5.04. The molecule has 0 bridgehead atoms. The van der Waals surface area contributed by atoms with E-state index in [2.05, 4.69) is 6.58 Å². The summed E-state index contributed by atoms with van der Waals surface area (Å²) in [6.07, 6.45) is 12.6. The van der Waals surface area contributed by atoms with Crippen molar-refractivity contribution in [3.8, 4) is 11.5 Å². The van der Waals surface area contributed by atoms with Crippen LogP contribution in [0.25, 0.3) is 0 Å². The Kier molecular flexibility index (Phi) is 9.67. The maximum atomic E-state index is 12.1. The van der Waals surface area contributed by atoms with Crippen molar-refractivity contribution in [2.24, 2.45) is 5.92 Å². The highest BCUT2D eigenvalue weighted by molar-refractivity contribution is 5.88. The van der Waals surface area contributed by atoms with E-state index in [1.807, 2.05) is 12.1 Å². The van der Waals surface area contributed by atoms with E-state index in [-0.39, 0.29) is 17.7 Å². The van der Waals surface area contributed by atoms with E-state index < -0.39 is 0 Å². The lowest BCUT2D eigenvalue weighted by Gasteiger charge is -2.19. The number of allylic oxidation sites excluding steroid dienone is 1. The Morgan fingerprint density at radius 2 is 1.56 bits per heavy atom.